The highest BCUT2D eigenvalue weighted by atomic mass is 16.6. The Morgan fingerprint density at radius 1 is 1.17 bits per heavy atom. The Morgan fingerprint density at radius 3 is 2.69 bits per heavy atom. The van der Waals surface area contributed by atoms with Gasteiger partial charge in [-0.1, -0.05) is 18.2 Å². The second-order valence-corrected chi connectivity index (χ2v) is 5.78. The number of nitrogens with one attached hydrogen (secondary N) is 2. The van der Waals surface area contributed by atoms with Crippen molar-refractivity contribution in [1.82, 2.24) is 15.0 Å². The fourth-order valence-corrected chi connectivity index (χ4v) is 2.57. The van der Waals surface area contributed by atoms with E-state index in [0.29, 0.717) is 12.2 Å². The fourth-order valence-electron chi connectivity index (χ4n) is 2.57. The number of hydrogen-bond donors (Lipinski definition) is 2. The number of nitro groups is 1. The van der Waals surface area contributed by atoms with Gasteiger partial charge in [-0.05, 0) is 30.7 Å². The molecule has 148 valence electrons. The third-order valence-corrected chi connectivity index (χ3v) is 3.86. The molecule has 3 rings (SSSR count). The number of carbonyl (C=O) groups excluding carboxylic acids is 1. The third-order valence-electron chi connectivity index (χ3n) is 3.86. The molecule has 1 aromatic carbocycles. The summed E-state index contributed by atoms with van der Waals surface area (Å²) < 4.78 is 5.03. The van der Waals surface area contributed by atoms with Crippen molar-refractivity contribution in [2.75, 3.05) is 17.2 Å². The maximum atomic E-state index is 12.2. The van der Waals surface area contributed by atoms with Crippen LogP contribution >= 0.6 is 0 Å². The Balaban J connectivity index is 1.91. The second kappa shape index (κ2) is 9.22. The topological polar surface area (TPSA) is 132 Å². The Labute approximate surface area is 166 Å². The summed E-state index contributed by atoms with van der Waals surface area (Å²) in [5, 5.41) is 17.5. The zero-order chi connectivity index (χ0) is 20.6. The first kappa shape index (κ1) is 19.7. The number of aromatic nitrogens is 3. The predicted octanol–water partition coefficient (Wildman–Crippen LogP) is 3.31. The molecule has 0 aliphatic heterocycles. The largest absolute Gasteiger partial charge is 0.462 e. The van der Waals surface area contributed by atoms with Crippen molar-refractivity contribution in [3.63, 3.8) is 0 Å². The number of anilines is 3. The van der Waals surface area contributed by atoms with Gasteiger partial charge in [0.2, 0.25) is 11.6 Å². The highest BCUT2D eigenvalue weighted by Gasteiger charge is 2.24. The van der Waals surface area contributed by atoms with Gasteiger partial charge in [-0.15, -0.1) is 0 Å². The van der Waals surface area contributed by atoms with E-state index in [1.54, 1.807) is 49.6 Å². The van der Waals surface area contributed by atoms with E-state index >= 15 is 0 Å². The van der Waals surface area contributed by atoms with Gasteiger partial charge in [-0.25, -0.2) is 14.8 Å². The molecule has 0 spiro atoms. The molecule has 0 fully saturated rings. The minimum Gasteiger partial charge on any atom is -0.462 e. The van der Waals surface area contributed by atoms with E-state index in [1.165, 1.54) is 6.33 Å². The van der Waals surface area contributed by atoms with Gasteiger partial charge in [0.1, 0.15) is 6.33 Å². The fraction of sp³-hybridized carbons (Fsp3) is 0.158. The van der Waals surface area contributed by atoms with Crippen molar-refractivity contribution in [3.8, 4) is 0 Å². The van der Waals surface area contributed by atoms with Crippen LogP contribution in [-0.2, 0) is 11.3 Å². The lowest BCUT2D eigenvalue weighted by atomic mass is 10.2. The third kappa shape index (κ3) is 4.80. The van der Waals surface area contributed by atoms with Crippen LogP contribution in [0.5, 0.6) is 0 Å². The summed E-state index contributed by atoms with van der Waals surface area (Å²) in [5.41, 5.74) is 1.08. The molecule has 0 bridgehead atoms. The standard InChI is InChI=1S/C19H18N6O4/c1-2-29-19(26)14-7-3-4-8-15(14)24-18-16(25(27)28)17(22-12-23-18)21-11-13-6-5-9-20-10-13/h3-10,12H,2,11H2,1H3,(H2,21,22,23,24). The van der Waals surface area contributed by atoms with Crippen molar-refractivity contribution < 1.29 is 14.5 Å². The monoisotopic (exact) mass is 394 g/mol. The molecule has 10 nitrogen and oxygen atoms in total. The van der Waals surface area contributed by atoms with Gasteiger partial charge in [-0.2, -0.15) is 0 Å². The molecule has 29 heavy (non-hydrogen) atoms. The van der Waals surface area contributed by atoms with E-state index in [-0.39, 0.29) is 29.5 Å². The van der Waals surface area contributed by atoms with Crippen LogP contribution in [0.3, 0.4) is 0 Å². The van der Waals surface area contributed by atoms with Gasteiger partial charge in [0, 0.05) is 18.9 Å². The lowest BCUT2D eigenvalue weighted by molar-refractivity contribution is -0.383. The molecular formula is C19H18N6O4. The number of benzene rings is 1. The van der Waals surface area contributed by atoms with Crippen LogP contribution in [0.2, 0.25) is 0 Å². The van der Waals surface area contributed by atoms with Crippen molar-refractivity contribution in [2.45, 2.75) is 13.5 Å². The molecule has 10 heteroatoms. The van der Waals surface area contributed by atoms with E-state index in [4.69, 9.17) is 4.74 Å². The van der Waals surface area contributed by atoms with Gasteiger partial charge in [0.15, 0.2) is 0 Å². The summed E-state index contributed by atoms with van der Waals surface area (Å²) in [6.07, 6.45) is 4.49. The molecule has 0 saturated heterocycles. The molecule has 2 N–H and O–H groups in total. The lowest BCUT2D eigenvalue weighted by Gasteiger charge is -2.12. The number of ether oxygens (including phenoxy) is 1. The molecule has 0 atom stereocenters. The smallest absolute Gasteiger partial charge is 0.353 e. The zero-order valence-corrected chi connectivity index (χ0v) is 15.5. The summed E-state index contributed by atoms with van der Waals surface area (Å²) in [6.45, 7) is 2.21. The normalized spacial score (nSPS) is 10.2. The predicted molar refractivity (Wildman–Crippen MR) is 106 cm³/mol. The van der Waals surface area contributed by atoms with Crippen molar-refractivity contribution in [2.24, 2.45) is 0 Å². The molecule has 0 unspecified atom stereocenters. The summed E-state index contributed by atoms with van der Waals surface area (Å²) in [7, 11) is 0. The van der Waals surface area contributed by atoms with Crippen LogP contribution in [0.15, 0.2) is 55.1 Å². The first-order valence-electron chi connectivity index (χ1n) is 8.75. The lowest BCUT2D eigenvalue weighted by Crippen LogP contribution is -2.11. The molecule has 0 saturated carbocycles. The van der Waals surface area contributed by atoms with Crippen LogP contribution in [0.1, 0.15) is 22.8 Å². The average molecular weight is 394 g/mol. The van der Waals surface area contributed by atoms with E-state index in [9.17, 15) is 14.9 Å². The van der Waals surface area contributed by atoms with Gasteiger partial charge in [-0.3, -0.25) is 15.1 Å². The van der Waals surface area contributed by atoms with Crippen molar-refractivity contribution >= 4 is 29.0 Å². The summed E-state index contributed by atoms with van der Waals surface area (Å²) in [5.74, 6) is -0.539. The van der Waals surface area contributed by atoms with Gasteiger partial charge < -0.3 is 15.4 Å². The van der Waals surface area contributed by atoms with Crippen LogP contribution in [0.4, 0.5) is 23.0 Å². The summed E-state index contributed by atoms with van der Waals surface area (Å²) >= 11 is 0. The average Bonchev–Trinajstić information content (AvgIpc) is 2.73. The Kier molecular flexibility index (Phi) is 6.25. The van der Waals surface area contributed by atoms with Gasteiger partial charge >= 0.3 is 11.7 Å². The minimum absolute atomic E-state index is 0.0459. The highest BCUT2D eigenvalue weighted by molar-refractivity contribution is 5.96. The number of nitrogens with zero attached hydrogens (tertiary/aromatic N) is 4. The van der Waals surface area contributed by atoms with Crippen molar-refractivity contribution in [3.05, 3.63) is 76.4 Å². The number of pyridine rings is 1. The first-order valence-corrected chi connectivity index (χ1v) is 8.75. The molecular weight excluding hydrogens is 376 g/mol. The zero-order valence-electron chi connectivity index (χ0n) is 15.5. The van der Waals surface area contributed by atoms with Crippen LogP contribution < -0.4 is 10.6 Å². The van der Waals surface area contributed by atoms with Gasteiger partial charge in [0.05, 0.1) is 22.8 Å². The summed E-state index contributed by atoms with van der Waals surface area (Å²) in [6, 6.07) is 10.1. The minimum atomic E-state index is -0.582. The molecule has 0 aliphatic carbocycles. The first-order chi connectivity index (χ1) is 14.1. The van der Waals surface area contributed by atoms with Gasteiger partial charge in [0.25, 0.3) is 0 Å². The SMILES string of the molecule is CCOC(=O)c1ccccc1Nc1ncnc(NCc2cccnc2)c1[N+](=O)[O-]. The number of esters is 1. The maximum absolute atomic E-state index is 12.2. The second-order valence-electron chi connectivity index (χ2n) is 5.78. The molecule has 2 heterocycles. The van der Waals surface area contributed by atoms with E-state index < -0.39 is 10.9 Å². The Hall–Kier alpha value is -4.08. The van der Waals surface area contributed by atoms with Crippen LogP contribution in [0, 0.1) is 10.1 Å². The quantitative estimate of drug-likeness (QED) is 0.335. The number of para-hydroxylation sites is 1. The van der Waals surface area contributed by atoms with E-state index in [1.807, 2.05) is 6.07 Å². The van der Waals surface area contributed by atoms with E-state index in [0.717, 1.165) is 5.56 Å². The summed E-state index contributed by atoms with van der Waals surface area (Å²) in [4.78, 5) is 35.3. The molecule has 0 radical (unpaired) electrons. The Morgan fingerprint density at radius 2 is 1.97 bits per heavy atom. The number of carbonyl (C=O) groups is 1. The molecule has 2 aromatic heterocycles. The van der Waals surface area contributed by atoms with Crippen molar-refractivity contribution in [1.29, 1.82) is 0 Å². The number of rotatable bonds is 8. The van der Waals surface area contributed by atoms with E-state index in [2.05, 4.69) is 25.6 Å². The highest BCUT2D eigenvalue weighted by Crippen LogP contribution is 2.32. The van der Waals surface area contributed by atoms with Crippen LogP contribution in [-0.4, -0.2) is 32.5 Å². The van der Waals surface area contributed by atoms with Crippen LogP contribution in [0.25, 0.3) is 0 Å². The molecule has 0 aliphatic rings. The number of hydrogen-bond acceptors (Lipinski definition) is 9. The molecule has 3 aromatic rings. The maximum Gasteiger partial charge on any atom is 0.353 e. The molecule has 0 amide bonds. The Bertz CT molecular complexity index is 1010.